The molecule has 1 aromatic rings. The van der Waals surface area contributed by atoms with Crippen LogP contribution in [0.3, 0.4) is 0 Å². The SMILES string of the molecule is CSC(CC#N)c1cccc(OCC#N)c1. The van der Waals surface area contributed by atoms with E-state index in [1.807, 2.05) is 36.6 Å². The molecule has 0 N–H and O–H groups in total. The summed E-state index contributed by atoms with van der Waals surface area (Å²) < 4.78 is 5.22. The Morgan fingerprint density at radius 2 is 2.19 bits per heavy atom. The Hall–Kier alpha value is -1.65. The van der Waals surface area contributed by atoms with Gasteiger partial charge in [-0.25, -0.2) is 0 Å². The molecule has 0 saturated heterocycles. The maximum absolute atomic E-state index is 8.70. The van der Waals surface area contributed by atoms with Crippen LogP contribution in [-0.4, -0.2) is 12.9 Å². The number of thioether (sulfide) groups is 1. The van der Waals surface area contributed by atoms with Gasteiger partial charge in [0, 0.05) is 5.25 Å². The highest BCUT2D eigenvalue weighted by Crippen LogP contribution is 2.31. The predicted octanol–water partition coefficient (Wildman–Crippen LogP) is 2.91. The summed E-state index contributed by atoms with van der Waals surface area (Å²) in [7, 11) is 0. The molecule has 0 saturated carbocycles. The van der Waals surface area contributed by atoms with Crippen LogP contribution in [0.15, 0.2) is 24.3 Å². The largest absolute Gasteiger partial charge is 0.479 e. The van der Waals surface area contributed by atoms with Gasteiger partial charge >= 0.3 is 0 Å². The number of rotatable bonds is 5. The first-order chi connectivity index (χ1) is 7.81. The van der Waals surface area contributed by atoms with E-state index >= 15 is 0 Å². The molecule has 0 heterocycles. The van der Waals surface area contributed by atoms with Gasteiger partial charge in [-0.1, -0.05) is 12.1 Å². The summed E-state index contributed by atoms with van der Waals surface area (Å²) in [6.07, 6.45) is 2.45. The molecule has 1 aromatic carbocycles. The first kappa shape index (κ1) is 12.4. The third kappa shape index (κ3) is 3.49. The van der Waals surface area contributed by atoms with Crippen molar-refractivity contribution in [1.29, 1.82) is 10.5 Å². The van der Waals surface area contributed by atoms with Crippen LogP contribution < -0.4 is 4.74 Å². The highest BCUT2D eigenvalue weighted by Gasteiger charge is 2.10. The molecule has 0 aliphatic carbocycles. The molecule has 0 aromatic heterocycles. The van der Waals surface area contributed by atoms with E-state index in [1.54, 1.807) is 11.8 Å². The van der Waals surface area contributed by atoms with E-state index in [4.69, 9.17) is 15.3 Å². The fourth-order valence-electron chi connectivity index (χ4n) is 1.34. The van der Waals surface area contributed by atoms with E-state index in [2.05, 4.69) is 6.07 Å². The third-order valence-corrected chi connectivity index (χ3v) is 3.10. The molecule has 0 fully saturated rings. The number of nitriles is 2. The monoisotopic (exact) mass is 232 g/mol. The van der Waals surface area contributed by atoms with Gasteiger partial charge in [-0.2, -0.15) is 22.3 Å². The van der Waals surface area contributed by atoms with Gasteiger partial charge in [0.05, 0.1) is 12.5 Å². The van der Waals surface area contributed by atoms with Crippen LogP contribution in [0.2, 0.25) is 0 Å². The maximum Gasteiger partial charge on any atom is 0.174 e. The minimum absolute atomic E-state index is 0.0473. The quantitative estimate of drug-likeness (QED) is 0.783. The zero-order chi connectivity index (χ0) is 11.8. The highest BCUT2D eigenvalue weighted by atomic mass is 32.2. The normalized spacial score (nSPS) is 11.2. The van der Waals surface area contributed by atoms with Crippen molar-refractivity contribution in [1.82, 2.24) is 0 Å². The van der Waals surface area contributed by atoms with Crippen LogP contribution in [0, 0.1) is 22.7 Å². The second kappa shape index (κ2) is 6.76. The Balaban J connectivity index is 2.80. The average Bonchev–Trinajstić information content (AvgIpc) is 2.33. The summed E-state index contributed by atoms with van der Waals surface area (Å²) in [5.74, 6) is 0.677. The van der Waals surface area contributed by atoms with Crippen molar-refractivity contribution < 1.29 is 4.74 Å². The second-order valence-electron chi connectivity index (χ2n) is 3.11. The van der Waals surface area contributed by atoms with Gasteiger partial charge in [0.1, 0.15) is 11.8 Å². The van der Waals surface area contributed by atoms with E-state index in [-0.39, 0.29) is 11.9 Å². The third-order valence-electron chi connectivity index (χ3n) is 2.09. The number of hydrogen-bond donors (Lipinski definition) is 0. The molecule has 1 atom stereocenters. The van der Waals surface area contributed by atoms with Gasteiger partial charge in [-0.15, -0.1) is 0 Å². The summed E-state index contributed by atoms with van der Waals surface area (Å²) in [5, 5.41) is 17.3. The zero-order valence-corrected chi connectivity index (χ0v) is 9.83. The number of hydrogen-bond acceptors (Lipinski definition) is 4. The van der Waals surface area contributed by atoms with E-state index in [1.165, 1.54) is 0 Å². The molecular formula is C12H12N2OS. The summed E-state index contributed by atoms with van der Waals surface area (Å²) >= 11 is 1.64. The van der Waals surface area contributed by atoms with E-state index < -0.39 is 0 Å². The molecule has 0 bridgehead atoms. The Kier molecular flexibility index (Phi) is 5.25. The van der Waals surface area contributed by atoms with Gasteiger partial charge in [0.15, 0.2) is 6.61 Å². The Bertz CT molecular complexity index is 420. The lowest BCUT2D eigenvalue weighted by molar-refractivity contribution is 0.367. The Morgan fingerprint density at radius 3 is 2.81 bits per heavy atom. The minimum atomic E-state index is 0.0473. The van der Waals surface area contributed by atoms with Crippen molar-refractivity contribution in [2.24, 2.45) is 0 Å². The molecule has 82 valence electrons. The number of nitrogens with zero attached hydrogens (tertiary/aromatic N) is 2. The van der Waals surface area contributed by atoms with E-state index in [9.17, 15) is 0 Å². The molecule has 0 aliphatic heterocycles. The van der Waals surface area contributed by atoms with Crippen LogP contribution in [-0.2, 0) is 0 Å². The van der Waals surface area contributed by atoms with Crippen molar-refractivity contribution in [2.45, 2.75) is 11.7 Å². The van der Waals surface area contributed by atoms with Gasteiger partial charge < -0.3 is 4.74 Å². The molecule has 1 unspecified atom stereocenters. The Morgan fingerprint density at radius 1 is 1.38 bits per heavy atom. The van der Waals surface area contributed by atoms with Crippen LogP contribution in [0.25, 0.3) is 0 Å². The van der Waals surface area contributed by atoms with Crippen molar-refractivity contribution in [3.63, 3.8) is 0 Å². The number of ether oxygens (including phenoxy) is 1. The number of benzene rings is 1. The van der Waals surface area contributed by atoms with Crippen LogP contribution in [0.1, 0.15) is 17.2 Å². The average molecular weight is 232 g/mol. The maximum atomic E-state index is 8.70. The fraction of sp³-hybridized carbons (Fsp3) is 0.333. The lowest BCUT2D eigenvalue weighted by atomic mass is 10.1. The van der Waals surface area contributed by atoms with Crippen LogP contribution >= 0.6 is 11.8 Å². The summed E-state index contributed by atoms with van der Waals surface area (Å²) in [5.41, 5.74) is 1.06. The lowest BCUT2D eigenvalue weighted by Gasteiger charge is -2.12. The van der Waals surface area contributed by atoms with E-state index in [0.29, 0.717) is 12.2 Å². The van der Waals surface area contributed by atoms with Crippen molar-refractivity contribution in [3.05, 3.63) is 29.8 Å². The van der Waals surface area contributed by atoms with Gasteiger partial charge in [-0.3, -0.25) is 0 Å². The lowest BCUT2D eigenvalue weighted by Crippen LogP contribution is -1.96. The summed E-state index contributed by atoms with van der Waals surface area (Å²) in [6.45, 7) is 0.0473. The molecule has 16 heavy (non-hydrogen) atoms. The van der Waals surface area contributed by atoms with Gasteiger partial charge in [-0.05, 0) is 24.0 Å². The van der Waals surface area contributed by atoms with Crippen molar-refractivity contribution in [3.8, 4) is 17.9 Å². The van der Waals surface area contributed by atoms with E-state index in [0.717, 1.165) is 5.56 Å². The molecule has 0 radical (unpaired) electrons. The molecule has 4 heteroatoms. The van der Waals surface area contributed by atoms with Crippen molar-refractivity contribution >= 4 is 11.8 Å². The second-order valence-corrected chi connectivity index (χ2v) is 4.15. The van der Waals surface area contributed by atoms with Gasteiger partial charge in [0.2, 0.25) is 0 Å². The Labute approximate surface area is 99.6 Å². The predicted molar refractivity (Wildman–Crippen MR) is 64.0 cm³/mol. The minimum Gasteiger partial charge on any atom is -0.479 e. The summed E-state index contributed by atoms with van der Waals surface area (Å²) in [4.78, 5) is 0. The molecule has 1 rings (SSSR count). The molecule has 0 spiro atoms. The zero-order valence-electron chi connectivity index (χ0n) is 9.01. The molecular weight excluding hydrogens is 220 g/mol. The molecule has 0 aliphatic rings. The smallest absolute Gasteiger partial charge is 0.174 e. The fourth-order valence-corrected chi connectivity index (χ4v) is 2.00. The summed E-state index contributed by atoms with van der Waals surface area (Å²) in [6, 6.07) is 11.6. The van der Waals surface area contributed by atoms with Crippen LogP contribution in [0.4, 0.5) is 0 Å². The topological polar surface area (TPSA) is 56.8 Å². The molecule has 3 nitrogen and oxygen atoms in total. The van der Waals surface area contributed by atoms with Crippen LogP contribution in [0.5, 0.6) is 5.75 Å². The first-order valence-corrected chi connectivity index (χ1v) is 6.10. The van der Waals surface area contributed by atoms with Crippen molar-refractivity contribution in [2.75, 3.05) is 12.9 Å². The first-order valence-electron chi connectivity index (χ1n) is 4.81. The standard InChI is InChI=1S/C12H12N2OS/c1-16-12(5-6-13)10-3-2-4-11(9-10)15-8-7-14/h2-4,9,12H,5,8H2,1H3. The van der Waals surface area contributed by atoms with Gasteiger partial charge in [0.25, 0.3) is 0 Å². The highest BCUT2D eigenvalue weighted by molar-refractivity contribution is 7.98. The molecule has 0 amide bonds.